The van der Waals surface area contributed by atoms with Crippen LogP contribution < -0.4 is 5.32 Å². The van der Waals surface area contributed by atoms with Crippen LogP contribution in [0.15, 0.2) is 47.1 Å². The van der Waals surface area contributed by atoms with E-state index in [1.165, 1.54) is 0 Å². The molecule has 2 atom stereocenters. The van der Waals surface area contributed by atoms with Crippen LogP contribution in [0.3, 0.4) is 0 Å². The Morgan fingerprint density at radius 3 is 2.59 bits per heavy atom. The molecular weight excluding hydrogens is 408 g/mol. The predicted molar refractivity (Wildman–Crippen MR) is 123 cm³/mol. The van der Waals surface area contributed by atoms with Crippen molar-refractivity contribution in [1.82, 2.24) is 10.2 Å². The van der Waals surface area contributed by atoms with Gasteiger partial charge in [-0.2, -0.15) is 0 Å². The molecule has 3 rings (SSSR count). The number of benzene rings is 1. The summed E-state index contributed by atoms with van der Waals surface area (Å²) in [6, 6.07) is 11.4. The molecule has 0 saturated carbocycles. The Hall–Kier alpha value is -2.64. The van der Waals surface area contributed by atoms with E-state index in [1.807, 2.05) is 55.1 Å². The van der Waals surface area contributed by atoms with Gasteiger partial charge in [-0.05, 0) is 51.0 Å². The van der Waals surface area contributed by atoms with Crippen molar-refractivity contribution >= 4 is 11.9 Å². The molecule has 7 heteroatoms. The molecule has 7 nitrogen and oxygen atoms in total. The quantitative estimate of drug-likeness (QED) is 0.482. The number of carboxylic acids is 1. The van der Waals surface area contributed by atoms with E-state index in [1.54, 1.807) is 6.26 Å². The smallest absolute Gasteiger partial charge is 0.303 e. The zero-order chi connectivity index (χ0) is 22.9. The predicted octanol–water partition coefficient (Wildman–Crippen LogP) is 4.05. The maximum absolute atomic E-state index is 13.3. The zero-order valence-electron chi connectivity index (χ0n) is 19.0. The largest absolute Gasteiger partial charge is 0.481 e. The van der Waals surface area contributed by atoms with Crippen molar-refractivity contribution in [3.8, 4) is 11.3 Å². The number of nitrogens with zero attached hydrogens (tertiary/aromatic N) is 1. The Labute approximate surface area is 189 Å². The number of carboxylic acid groups (broad SMARTS) is 1. The summed E-state index contributed by atoms with van der Waals surface area (Å²) in [5, 5.41) is 12.1. The first-order valence-corrected chi connectivity index (χ1v) is 11.4. The van der Waals surface area contributed by atoms with Crippen LogP contribution >= 0.6 is 0 Å². The van der Waals surface area contributed by atoms with Crippen LogP contribution in [0, 0.1) is 5.92 Å². The van der Waals surface area contributed by atoms with Crippen LogP contribution in [0.5, 0.6) is 0 Å². The highest BCUT2D eigenvalue weighted by Gasteiger charge is 2.32. The third kappa shape index (κ3) is 6.68. The van der Waals surface area contributed by atoms with Gasteiger partial charge in [-0.15, -0.1) is 0 Å². The van der Waals surface area contributed by atoms with Crippen LogP contribution in [-0.2, 0) is 9.53 Å². The molecule has 2 aromatic rings. The van der Waals surface area contributed by atoms with E-state index in [9.17, 15) is 9.59 Å². The highest BCUT2D eigenvalue weighted by Crippen LogP contribution is 2.22. The van der Waals surface area contributed by atoms with Crippen LogP contribution in [0.2, 0.25) is 0 Å². The summed E-state index contributed by atoms with van der Waals surface area (Å²) in [6.45, 7) is 6.92. The lowest BCUT2D eigenvalue weighted by atomic mass is 10.0. The van der Waals surface area contributed by atoms with E-state index in [2.05, 4.69) is 5.32 Å². The molecule has 1 amide bonds. The number of hydrogen-bond acceptors (Lipinski definition) is 5. The highest BCUT2D eigenvalue weighted by molar-refractivity contribution is 5.94. The van der Waals surface area contributed by atoms with Crippen molar-refractivity contribution < 1.29 is 23.8 Å². The monoisotopic (exact) mass is 442 g/mol. The fourth-order valence-corrected chi connectivity index (χ4v) is 4.04. The molecule has 0 bridgehead atoms. The Morgan fingerprint density at radius 2 is 1.94 bits per heavy atom. The second-order valence-corrected chi connectivity index (χ2v) is 8.64. The highest BCUT2D eigenvalue weighted by atomic mass is 16.5. The number of amides is 1. The van der Waals surface area contributed by atoms with Gasteiger partial charge in [0.25, 0.3) is 5.91 Å². The summed E-state index contributed by atoms with van der Waals surface area (Å²) < 4.78 is 11.5. The molecule has 174 valence electrons. The van der Waals surface area contributed by atoms with E-state index in [4.69, 9.17) is 14.3 Å². The van der Waals surface area contributed by atoms with E-state index in [-0.39, 0.29) is 30.4 Å². The fourth-order valence-electron chi connectivity index (χ4n) is 4.04. The Morgan fingerprint density at radius 1 is 1.16 bits per heavy atom. The standard InChI is InChI=1S/C25H34N2O5/c1-18(2)27(25(30)20-11-9-19(10-12-20)22-7-6-14-31-22)17-21-15-26-16-23(21)32-13-5-3-4-8-24(28)29/h6-7,9-12,14,18,21,23,26H,3-5,8,13,15-17H2,1-2H3,(H,28,29). The van der Waals surface area contributed by atoms with Gasteiger partial charge in [0.05, 0.1) is 12.4 Å². The molecule has 0 spiro atoms. The number of rotatable bonds is 12. The van der Waals surface area contributed by atoms with Crippen molar-refractivity contribution in [3.63, 3.8) is 0 Å². The molecule has 1 aliphatic heterocycles. The second kappa shape index (κ2) is 11.8. The molecule has 1 saturated heterocycles. The van der Waals surface area contributed by atoms with Crippen molar-refractivity contribution in [3.05, 3.63) is 48.2 Å². The minimum atomic E-state index is -0.750. The summed E-state index contributed by atoms with van der Waals surface area (Å²) in [5.41, 5.74) is 1.61. The first-order chi connectivity index (χ1) is 15.5. The summed E-state index contributed by atoms with van der Waals surface area (Å²) in [7, 11) is 0. The molecular formula is C25H34N2O5. The number of carbonyl (C=O) groups excluding carboxylic acids is 1. The number of furan rings is 1. The fraction of sp³-hybridized carbons (Fsp3) is 0.520. The number of ether oxygens (including phenoxy) is 1. The average molecular weight is 443 g/mol. The third-order valence-corrected chi connectivity index (χ3v) is 5.90. The topological polar surface area (TPSA) is 92.0 Å². The number of carbonyl (C=O) groups is 2. The van der Waals surface area contributed by atoms with Gasteiger partial charge in [0.15, 0.2) is 0 Å². The first-order valence-electron chi connectivity index (χ1n) is 11.4. The summed E-state index contributed by atoms with van der Waals surface area (Å²) in [4.78, 5) is 25.8. The van der Waals surface area contributed by atoms with Gasteiger partial charge in [0.1, 0.15) is 5.76 Å². The Kier molecular flexibility index (Phi) is 8.88. The average Bonchev–Trinajstić information content (AvgIpc) is 3.46. The minimum absolute atomic E-state index is 0.0188. The third-order valence-electron chi connectivity index (χ3n) is 5.90. The van der Waals surface area contributed by atoms with Crippen molar-refractivity contribution in [2.75, 3.05) is 26.2 Å². The van der Waals surface area contributed by atoms with Gasteiger partial charge in [0.2, 0.25) is 0 Å². The normalized spacial score (nSPS) is 18.2. The second-order valence-electron chi connectivity index (χ2n) is 8.64. The summed E-state index contributed by atoms with van der Waals surface area (Å²) in [6.07, 6.45) is 4.29. The molecule has 2 N–H and O–H groups in total. The van der Waals surface area contributed by atoms with Crippen molar-refractivity contribution in [2.45, 2.75) is 51.7 Å². The Balaban J connectivity index is 1.54. The number of hydrogen-bond donors (Lipinski definition) is 2. The molecule has 0 radical (unpaired) electrons. The summed E-state index contributed by atoms with van der Waals surface area (Å²) >= 11 is 0. The van der Waals surface area contributed by atoms with Gasteiger partial charge in [0, 0.05) is 55.7 Å². The van der Waals surface area contributed by atoms with Crippen molar-refractivity contribution in [1.29, 1.82) is 0 Å². The first kappa shape index (κ1) is 24.0. The van der Waals surface area contributed by atoms with Crippen LogP contribution in [-0.4, -0.2) is 60.3 Å². The lowest BCUT2D eigenvalue weighted by Crippen LogP contribution is -2.43. The number of nitrogens with one attached hydrogen (secondary N) is 1. The molecule has 0 aliphatic carbocycles. The van der Waals surface area contributed by atoms with Gasteiger partial charge in [-0.25, -0.2) is 0 Å². The van der Waals surface area contributed by atoms with Gasteiger partial charge in [-0.1, -0.05) is 18.6 Å². The number of unbranched alkanes of at least 4 members (excludes halogenated alkanes) is 2. The van der Waals surface area contributed by atoms with E-state index >= 15 is 0 Å². The molecule has 1 aliphatic rings. The molecule has 2 unspecified atom stereocenters. The van der Waals surface area contributed by atoms with Crippen LogP contribution in [0.25, 0.3) is 11.3 Å². The molecule has 32 heavy (non-hydrogen) atoms. The van der Waals surface area contributed by atoms with Crippen LogP contribution in [0.4, 0.5) is 0 Å². The van der Waals surface area contributed by atoms with Gasteiger partial charge in [-0.3, -0.25) is 9.59 Å². The maximum atomic E-state index is 13.3. The van der Waals surface area contributed by atoms with E-state index in [0.717, 1.165) is 37.3 Å². The molecule has 1 aromatic heterocycles. The molecule has 2 heterocycles. The van der Waals surface area contributed by atoms with E-state index in [0.29, 0.717) is 25.1 Å². The van der Waals surface area contributed by atoms with Crippen molar-refractivity contribution in [2.24, 2.45) is 5.92 Å². The molecule has 1 aromatic carbocycles. The zero-order valence-corrected chi connectivity index (χ0v) is 19.0. The SMILES string of the molecule is CC(C)N(CC1CNCC1OCCCCCC(=O)O)C(=O)c1ccc(-c2ccco2)cc1. The lowest BCUT2D eigenvalue weighted by Gasteiger charge is -2.31. The van der Waals surface area contributed by atoms with Crippen LogP contribution in [0.1, 0.15) is 49.9 Å². The van der Waals surface area contributed by atoms with Gasteiger partial charge < -0.3 is 24.5 Å². The summed E-state index contributed by atoms with van der Waals surface area (Å²) in [5.74, 6) is 0.276. The number of aliphatic carboxylic acids is 1. The minimum Gasteiger partial charge on any atom is -0.481 e. The molecule has 1 fully saturated rings. The van der Waals surface area contributed by atoms with Gasteiger partial charge >= 0.3 is 5.97 Å². The van der Waals surface area contributed by atoms with E-state index < -0.39 is 5.97 Å². The Bertz CT molecular complexity index is 848. The maximum Gasteiger partial charge on any atom is 0.303 e. The lowest BCUT2D eigenvalue weighted by molar-refractivity contribution is -0.137.